The first kappa shape index (κ1) is 27.6. The lowest BCUT2D eigenvalue weighted by molar-refractivity contribution is 1.55. The second-order valence-corrected chi connectivity index (χ2v) is 11.7. The van der Waals surface area contributed by atoms with E-state index in [9.17, 15) is 0 Å². The van der Waals surface area contributed by atoms with Crippen molar-refractivity contribution in [3.8, 4) is 33.4 Å². The minimum atomic E-state index is 1.18. The maximum Gasteiger partial charge on any atom is -0.00264 e. The highest BCUT2D eigenvalue weighted by Gasteiger charge is 2.16. The monoisotopic (exact) mass is 584 g/mol. The van der Waals surface area contributed by atoms with Crippen molar-refractivity contribution in [2.45, 2.75) is 0 Å². The molecule has 0 heteroatoms. The molecule has 0 unspecified atom stereocenters. The number of fused-ring (bicyclic) bond motifs is 2. The third-order valence-electron chi connectivity index (χ3n) is 8.89. The molecule has 0 aliphatic rings. The molecule has 0 saturated heterocycles. The molecule has 0 amide bonds. The Balaban J connectivity index is 1.25. The van der Waals surface area contributed by atoms with Crippen molar-refractivity contribution >= 4 is 33.2 Å². The standard InChI is InChI=1S/C46H32/c1-4-14-34(15-5-1)35-28-30-39(31-29-35)46-42-22-12-10-20-40(42)45(41-21-11-13-23-43(41)46)38-26-24-33(25-27-38)32-44(36-16-6-2-7-17-36)37-18-8-3-9-19-37/h1-32H. The van der Waals surface area contributed by atoms with Crippen molar-refractivity contribution in [3.63, 3.8) is 0 Å². The van der Waals surface area contributed by atoms with Gasteiger partial charge in [-0.2, -0.15) is 0 Å². The summed E-state index contributed by atoms with van der Waals surface area (Å²) in [7, 11) is 0. The molecule has 0 aliphatic heterocycles. The van der Waals surface area contributed by atoms with Crippen LogP contribution in [0.3, 0.4) is 0 Å². The molecule has 8 rings (SSSR count). The molecule has 0 fully saturated rings. The van der Waals surface area contributed by atoms with Crippen LogP contribution in [0.2, 0.25) is 0 Å². The van der Waals surface area contributed by atoms with Crippen molar-refractivity contribution < 1.29 is 0 Å². The zero-order valence-electron chi connectivity index (χ0n) is 25.5. The first-order valence-electron chi connectivity index (χ1n) is 15.9. The molecular formula is C46H32. The number of benzene rings is 8. The minimum Gasteiger partial charge on any atom is -0.0622 e. The second-order valence-electron chi connectivity index (χ2n) is 11.7. The normalized spacial score (nSPS) is 11.0. The Morgan fingerprint density at radius 3 is 1.04 bits per heavy atom. The number of hydrogen-bond donors (Lipinski definition) is 0. The maximum atomic E-state index is 2.30. The van der Waals surface area contributed by atoms with Crippen LogP contribution in [0.4, 0.5) is 0 Å². The average molecular weight is 585 g/mol. The highest BCUT2D eigenvalue weighted by Crippen LogP contribution is 2.44. The van der Waals surface area contributed by atoms with Gasteiger partial charge in [0.2, 0.25) is 0 Å². The fourth-order valence-electron chi connectivity index (χ4n) is 6.69. The van der Waals surface area contributed by atoms with Crippen LogP contribution >= 0.6 is 0 Å². The molecule has 216 valence electrons. The van der Waals surface area contributed by atoms with Crippen LogP contribution in [0.1, 0.15) is 16.7 Å². The first-order valence-corrected chi connectivity index (χ1v) is 15.9. The van der Waals surface area contributed by atoms with E-state index < -0.39 is 0 Å². The van der Waals surface area contributed by atoms with Gasteiger partial charge in [-0.3, -0.25) is 0 Å². The molecule has 0 N–H and O–H groups in total. The molecule has 0 bridgehead atoms. The first-order chi connectivity index (χ1) is 22.8. The molecule has 0 nitrogen and oxygen atoms in total. The van der Waals surface area contributed by atoms with Gasteiger partial charge in [0.15, 0.2) is 0 Å². The Labute approximate surface area is 270 Å². The summed E-state index contributed by atoms with van der Waals surface area (Å²) in [5, 5.41) is 5.06. The van der Waals surface area contributed by atoms with Crippen LogP contribution in [0, 0.1) is 0 Å². The van der Waals surface area contributed by atoms with Crippen molar-refractivity contribution in [1.29, 1.82) is 0 Å². The lowest BCUT2D eigenvalue weighted by atomic mass is 9.85. The Morgan fingerprint density at radius 1 is 0.283 bits per heavy atom. The molecule has 0 atom stereocenters. The topological polar surface area (TPSA) is 0 Å². The van der Waals surface area contributed by atoms with E-state index in [0.29, 0.717) is 0 Å². The van der Waals surface area contributed by atoms with Crippen molar-refractivity contribution in [3.05, 3.63) is 205 Å². The highest BCUT2D eigenvalue weighted by atomic mass is 14.2. The molecule has 0 aromatic heterocycles. The third kappa shape index (κ3) is 5.21. The van der Waals surface area contributed by atoms with Crippen molar-refractivity contribution in [1.82, 2.24) is 0 Å². The Kier molecular flexibility index (Phi) is 7.30. The van der Waals surface area contributed by atoms with Crippen molar-refractivity contribution in [2.75, 3.05) is 0 Å². The Bertz CT molecular complexity index is 2200. The zero-order chi connectivity index (χ0) is 30.7. The summed E-state index contributed by atoms with van der Waals surface area (Å²) in [6, 6.07) is 67.7. The quantitative estimate of drug-likeness (QED) is 0.135. The molecule has 8 aromatic rings. The average Bonchev–Trinajstić information content (AvgIpc) is 3.14. The molecule has 0 saturated carbocycles. The van der Waals surface area contributed by atoms with E-state index in [1.165, 1.54) is 77.2 Å². The van der Waals surface area contributed by atoms with Gasteiger partial charge >= 0.3 is 0 Å². The fourth-order valence-corrected chi connectivity index (χ4v) is 6.69. The van der Waals surface area contributed by atoms with Gasteiger partial charge in [0.1, 0.15) is 0 Å². The van der Waals surface area contributed by atoms with E-state index in [2.05, 4.69) is 194 Å². The van der Waals surface area contributed by atoms with E-state index in [0.717, 1.165) is 0 Å². The van der Waals surface area contributed by atoms with Crippen LogP contribution in [0.15, 0.2) is 188 Å². The summed E-state index contributed by atoms with van der Waals surface area (Å²) in [4.78, 5) is 0. The van der Waals surface area contributed by atoms with Crippen LogP contribution < -0.4 is 0 Å². The second kappa shape index (κ2) is 12.2. The van der Waals surface area contributed by atoms with E-state index in [-0.39, 0.29) is 0 Å². The van der Waals surface area contributed by atoms with Gasteiger partial charge in [-0.25, -0.2) is 0 Å². The molecule has 8 aromatic carbocycles. The van der Waals surface area contributed by atoms with Crippen LogP contribution in [-0.4, -0.2) is 0 Å². The van der Waals surface area contributed by atoms with Crippen molar-refractivity contribution in [2.24, 2.45) is 0 Å². The van der Waals surface area contributed by atoms with Crippen LogP contribution in [-0.2, 0) is 0 Å². The fraction of sp³-hybridized carbons (Fsp3) is 0. The van der Waals surface area contributed by atoms with Crippen LogP contribution in [0.25, 0.3) is 66.6 Å². The number of rotatable bonds is 6. The van der Waals surface area contributed by atoms with Gasteiger partial charge in [-0.1, -0.05) is 188 Å². The van der Waals surface area contributed by atoms with Crippen LogP contribution in [0.5, 0.6) is 0 Å². The summed E-state index contributed by atoms with van der Waals surface area (Å²) in [6.07, 6.45) is 2.30. The minimum absolute atomic E-state index is 1.18. The summed E-state index contributed by atoms with van der Waals surface area (Å²) < 4.78 is 0. The van der Waals surface area contributed by atoms with Gasteiger partial charge < -0.3 is 0 Å². The predicted molar refractivity (Wildman–Crippen MR) is 198 cm³/mol. The summed E-state index contributed by atoms with van der Waals surface area (Å²) in [5.74, 6) is 0. The largest absolute Gasteiger partial charge is 0.0622 e. The molecule has 0 spiro atoms. The summed E-state index contributed by atoms with van der Waals surface area (Å²) in [5.41, 5.74) is 12.3. The van der Waals surface area contributed by atoms with Gasteiger partial charge in [-0.15, -0.1) is 0 Å². The van der Waals surface area contributed by atoms with Gasteiger partial charge in [-0.05, 0) is 83.3 Å². The van der Waals surface area contributed by atoms with Gasteiger partial charge in [0.05, 0.1) is 0 Å². The molecule has 0 aliphatic carbocycles. The Hall–Kier alpha value is -5.98. The zero-order valence-corrected chi connectivity index (χ0v) is 25.5. The SMILES string of the molecule is C(=C(c1ccccc1)c1ccccc1)c1ccc(-c2c3ccccc3c(-c3ccc(-c4ccccc4)cc3)c3ccccc23)cc1. The van der Waals surface area contributed by atoms with E-state index in [4.69, 9.17) is 0 Å². The summed E-state index contributed by atoms with van der Waals surface area (Å²) in [6.45, 7) is 0. The highest BCUT2D eigenvalue weighted by molar-refractivity contribution is 6.21. The predicted octanol–water partition coefficient (Wildman–Crippen LogP) is 12.6. The summed E-state index contributed by atoms with van der Waals surface area (Å²) >= 11 is 0. The molecule has 0 heterocycles. The molecular weight excluding hydrogens is 553 g/mol. The Morgan fingerprint density at radius 2 is 0.609 bits per heavy atom. The van der Waals surface area contributed by atoms with Gasteiger partial charge in [0, 0.05) is 0 Å². The van der Waals surface area contributed by atoms with E-state index >= 15 is 0 Å². The lowest BCUT2D eigenvalue weighted by Gasteiger charge is -2.18. The smallest absolute Gasteiger partial charge is 0.00264 e. The third-order valence-corrected chi connectivity index (χ3v) is 8.89. The van der Waals surface area contributed by atoms with E-state index in [1.54, 1.807) is 0 Å². The van der Waals surface area contributed by atoms with E-state index in [1.807, 2.05) is 0 Å². The molecule has 46 heavy (non-hydrogen) atoms. The van der Waals surface area contributed by atoms with Gasteiger partial charge in [0.25, 0.3) is 0 Å². The molecule has 0 radical (unpaired) electrons. The number of hydrogen-bond acceptors (Lipinski definition) is 0. The maximum absolute atomic E-state index is 2.30. The lowest BCUT2D eigenvalue weighted by Crippen LogP contribution is -1.91.